The van der Waals surface area contributed by atoms with E-state index in [2.05, 4.69) is 10.6 Å². The van der Waals surface area contributed by atoms with Gasteiger partial charge in [0.15, 0.2) is 18.0 Å². The molecule has 0 aliphatic carbocycles. The summed E-state index contributed by atoms with van der Waals surface area (Å²) in [5, 5.41) is 5.42. The number of rotatable bonds is 6. The SMILES string of the molecule is CCNC(=O)[C@H](C)NC(=O)COC(=O)c1oc2c(F)cccc2c1C. The molecule has 2 amide bonds. The van der Waals surface area contributed by atoms with Crippen LogP contribution in [0.2, 0.25) is 0 Å². The van der Waals surface area contributed by atoms with Crippen molar-refractivity contribution < 1.29 is 27.9 Å². The number of nitrogens with one attached hydrogen (secondary N) is 2. The number of furan rings is 1. The minimum absolute atomic E-state index is 0.0405. The number of benzene rings is 1. The smallest absolute Gasteiger partial charge is 0.375 e. The third kappa shape index (κ3) is 4.14. The molecule has 7 nitrogen and oxygen atoms in total. The molecule has 0 saturated carbocycles. The quantitative estimate of drug-likeness (QED) is 0.773. The maximum Gasteiger partial charge on any atom is 0.375 e. The fourth-order valence-corrected chi connectivity index (χ4v) is 2.28. The van der Waals surface area contributed by atoms with E-state index in [1.54, 1.807) is 19.9 Å². The van der Waals surface area contributed by atoms with Crippen molar-refractivity contribution in [3.63, 3.8) is 0 Å². The van der Waals surface area contributed by atoms with Gasteiger partial charge in [-0.3, -0.25) is 9.59 Å². The summed E-state index contributed by atoms with van der Waals surface area (Å²) >= 11 is 0. The summed E-state index contributed by atoms with van der Waals surface area (Å²) in [6.45, 7) is 4.72. The number of hydrogen-bond donors (Lipinski definition) is 2. The second-order valence-corrected chi connectivity index (χ2v) is 5.43. The summed E-state index contributed by atoms with van der Waals surface area (Å²) in [7, 11) is 0. The Morgan fingerprint density at radius 2 is 2.04 bits per heavy atom. The summed E-state index contributed by atoms with van der Waals surface area (Å²) in [5.41, 5.74) is 0.386. The molecule has 0 saturated heterocycles. The summed E-state index contributed by atoms with van der Waals surface area (Å²) < 4.78 is 23.8. The van der Waals surface area contributed by atoms with E-state index in [1.807, 2.05) is 0 Å². The average Bonchev–Trinajstić information content (AvgIpc) is 2.91. The van der Waals surface area contributed by atoms with Crippen LogP contribution in [0.25, 0.3) is 11.0 Å². The summed E-state index contributed by atoms with van der Waals surface area (Å²) in [5.74, 6) is -2.61. The van der Waals surface area contributed by atoms with Crippen LogP contribution in [0.3, 0.4) is 0 Å². The third-order valence-electron chi connectivity index (χ3n) is 3.56. The van der Waals surface area contributed by atoms with Crippen LogP contribution in [0.5, 0.6) is 0 Å². The Bertz CT molecular complexity index is 815. The standard InChI is InChI=1S/C17H19FN2O5/c1-4-19-16(22)10(3)20-13(21)8-24-17(23)14-9(2)11-6-5-7-12(18)15(11)25-14/h5-7,10H,4,8H2,1-3H3,(H,19,22)(H,20,21)/t10-/m0/s1. The molecule has 0 unspecified atom stereocenters. The lowest BCUT2D eigenvalue weighted by Gasteiger charge is -2.13. The molecule has 25 heavy (non-hydrogen) atoms. The van der Waals surface area contributed by atoms with Crippen molar-refractivity contribution in [3.8, 4) is 0 Å². The number of para-hydroxylation sites is 1. The highest BCUT2D eigenvalue weighted by atomic mass is 19.1. The van der Waals surface area contributed by atoms with Gasteiger partial charge in [0.2, 0.25) is 11.7 Å². The number of carbonyl (C=O) groups is 3. The van der Waals surface area contributed by atoms with Crippen molar-refractivity contribution >= 4 is 28.8 Å². The number of fused-ring (bicyclic) bond motifs is 1. The zero-order valence-corrected chi connectivity index (χ0v) is 14.1. The monoisotopic (exact) mass is 350 g/mol. The lowest BCUT2D eigenvalue weighted by molar-refractivity contribution is -0.130. The van der Waals surface area contributed by atoms with Gasteiger partial charge in [-0.2, -0.15) is 0 Å². The lowest BCUT2D eigenvalue weighted by atomic mass is 10.1. The zero-order valence-electron chi connectivity index (χ0n) is 14.1. The largest absolute Gasteiger partial charge is 0.450 e. The van der Waals surface area contributed by atoms with Gasteiger partial charge in [0, 0.05) is 17.5 Å². The molecule has 8 heteroatoms. The molecular weight excluding hydrogens is 331 g/mol. The maximum absolute atomic E-state index is 13.7. The van der Waals surface area contributed by atoms with E-state index in [-0.39, 0.29) is 17.3 Å². The van der Waals surface area contributed by atoms with E-state index >= 15 is 0 Å². The Morgan fingerprint density at radius 1 is 1.32 bits per heavy atom. The molecule has 0 spiro atoms. The molecule has 1 atom stereocenters. The predicted molar refractivity (Wildman–Crippen MR) is 87.5 cm³/mol. The van der Waals surface area contributed by atoms with Crippen molar-refractivity contribution in [1.82, 2.24) is 10.6 Å². The predicted octanol–water partition coefficient (Wildman–Crippen LogP) is 1.68. The third-order valence-corrected chi connectivity index (χ3v) is 3.56. The van der Waals surface area contributed by atoms with Crippen molar-refractivity contribution in [2.75, 3.05) is 13.2 Å². The normalized spacial score (nSPS) is 11.8. The molecule has 1 aromatic heterocycles. The minimum Gasteiger partial charge on any atom is -0.450 e. The zero-order chi connectivity index (χ0) is 18.6. The minimum atomic E-state index is -0.881. The second-order valence-electron chi connectivity index (χ2n) is 5.43. The molecule has 134 valence electrons. The number of aryl methyl sites for hydroxylation is 1. The Balaban J connectivity index is 1.99. The van der Waals surface area contributed by atoms with Crippen LogP contribution in [0.15, 0.2) is 22.6 Å². The van der Waals surface area contributed by atoms with E-state index in [1.165, 1.54) is 19.1 Å². The van der Waals surface area contributed by atoms with Crippen LogP contribution in [-0.4, -0.2) is 37.0 Å². The van der Waals surface area contributed by atoms with Gasteiger partial charge in [-0.05, 0) is 26.8 Å². The van der Waals surface area contributed by atoms with Crippen LogP contribution in [0.1, 0.15) is 30.0 Å². The summed E-state index contributed by atoms with van der Waals surface area (Å²) in [6, 6.07) is 3.59. The Morgan fingerprint density at radius 3 is 2.68 bits per heavy atom. The van der Waals surface area contributed by atoms with Crippen LogP contribution in [-0.2, 0) is 14.3 Å². The Labute approximate surface area is 143 Å². The van der Waals surface area contributed by atoms with Crippen molar-refractivity contribution in [1.29, 1.82) is 0 Å². The molecule has 2 rings (SSSR count). The van der Waals surface area contributed by atoms with Gasteiger partial charge < -0.3 is 19.8 Å². The second kappa shape index (κ2) is 7.78. The number of likely N-dealkylation sites (N-methyl/N-ethyl adjacent to an activating group) is 1. The van der Waals surface area contributed by atoms with Crippen molar-refractivity contribution in [2.45, 2.75) is 26.8 Å². The van der Waals surface area contributed by atoms with E-state index in [4.69, 9.17) is 9.15 Å². The highest BCUT2D eigenvalue weighted by Crippen LogP contribution is 2.27. The fraction of sp³-hybridized carbons (Fsp3) is 0.353. The summed E-state index contributed by atoms with van der Waals surface area (Å²) in [4.78, 5) is 35.4. The molecule has 0 bridgehead atoms. The van der Waals surface area contributed by atoms with Crippen LogP contribution >= 0.6 is 0 Å². The van der Waals surface area contributed by atoms with Crippen LogP contribution < -0.4 is 10.6 Å². The van der Waals surface area contributed by atoms with E-state index in [0.29, 0.717) is 17.5 Å². The fourth-order valence-electron chi connectivity index (χ4n) is 2.28. The Hall–Kier alpha value is -2.90. The number of amides is 2. The van der Waals surface area contributed by atoms with E-state index in [9.17, 15) is 18.8 Å². The van der Waals surface area contributed by atoms with E-state index < -0.39 is 30.3 Å². The molecule has 2 aromatic rings. The van der Waals surface area contributed by atoms with Crippen LogP contribution in [0, 0.1) is 12.7 Å². The van der Waals surface area contributed by atoms with Gasteiger partial charge in [0.1, 0.15) is 6.04 Å². The number of carbonyl (C=O) groups excluding carboxylic acids is 3. The number of hydrogen-bond acceptors (Lipinski definition) is 5. The lowest BCUT2D eigenvalue weighted by Crippen LogP contribution is -2.46. The number of esters is 1. The van der Waals surface area contributed by atoms with Gasteiger partial charge in [-0.1, -0.05) is 12.1 Å². The first-order chi connectivity index (χ1) is 11.8. The maximum atomic E-state index is 13.7. The first-order valence-corrected chi connectivity index (χ1v) is 7.77. The van der Waals surface area contributed by atoms with E-state index in [0.717, 1.165) is 0 Å². The molecular formula is C17H19FN2O5. The first kappa shape index (κ1) is 18.4. The van der Waals surface area contributed by atoms with Crippen molar-refractivity contribution in [2.24, 2.45) is 0 Å². The van der Waals surface area contributed by atoms with Gasteiger partial charge in [0.05, 0.1) is 0 Å². The van der Waals surface area contributed by atoms with Crippen molar-refractivity contribution in [3.05, 3.63) is 35.3 Å². The molecule has 2 N–H and O–H groups in total. The highest BCUT2D eigenvalue weighted by Gasteiger charge is 2.22. The molecule has 0 radical (unpaired) electrons. The molecule has 0 aliphatic rings. The molecule has 1 aromatic carbocycles. The first-order valence-electron chi connectivity index (χ1n) is 7.77. The average molecular weight is 350 g/mol. The van der Waals surface area contributed by atoms with Crippen LogP contribution in [0.4, 0.5) is 4.39 Å². The summed E-state index contributed by atoms with van der Waals surface area (Å²) in [6.07, 6.45) is 0. The molecule has 0 fully saturated rings. The molecule has 0 aliphatic heterocycles. The van der Waals surface area contributed by atoms with Gasteiger partial charge in [0.25, 0.3) is 5.91 Å². The topological polar surface area (TPSA) is 97.6 Å². The highest BCUT2D eigenvalue weighted by molar-refractivity contribution is 5.97. The van der Waals surface area contributed by atoms with Gasteiger partial charge in [-0.15, -0.1) is 0 Å². The molecule has 1 heterocycles. The number of ether oxygens (including phenoxy) is 1. The van der Waals surface area contributed by atoms with Gasteiger partial charge >= 0.3 is 5.97 Å². The van der Waals surface area contributed by atoms with Gasteiger partial charge in [-0.25, -0.2) is 9.18 Å². The Kier molecular flexibility index (Phi) is 5.74. The number of halogens is 1.